The second-order valence-electron chi connectivity index (χ2n) is 1.03. The van der Waals surface area contributed by atoms with Gasteiger partial charge >= 0.3 is 45.2 Å². The van der Waals surface area contributed by atoms with Gasteiger partial charge in [0, 0.05) is 71.0 Å². The summed E-state index contributed by atoms with van der Waals surface area (Å²) < 4.78 is 17.8. The first-order valence-corrected chi connectivity index (χ1v) is 4.70. The summed E-state index contributed by atoms with van der Waals surface area (Å²) in [6, 6.07) is 0. The van der Waals surface area contributed by atoms with E-state index in [-0.39, 0.29) is 101 Å². The molecule has 2 radical (unpaired) electrons. The largest absolute Gasteiger partial charge is 0 e. The summed E-state index contributed by atoms with van der Waals surface area (Å²) in [6.45, 7) is 0. The number of rotatable bonds is 0. The number of hydrogen-bond acceptors (Lipinski definition) is 2. The van der Waals surface area contributed by atoms with Crippen LogP contribution in [0, 0.1) is 0 Å². The summed E-state index contributed by atoms with van der Waals surface area (Å²) in [5.41, 5.74) is 0. The molecule has 0 bridgehead atoms. The van der Waals surface area contributed by atoms with Crippen molar-refractivity contribution in [2.24, 2.45) is 0 Å². The molecule has 0 rings (SSSR count). The first-order valence-electron chi connectivity index (χ1n) is 1.57. The van der Waals surface area contributed by atoms with E-state index >= 15 is 0 Å². The fourth-order valence-electron chi connectivity index (χ4n) is 0. The molecule has 0 aromatic rings. The van der Waals surface area contributed by atoms with Crippen LogP contribution < -0.4 is 0 Å². The molecule has 0 unspecified atom stereocenters. The van der Waals surface area contributed by atoms with Crippen LogP contribution in [0.2, 0.25) is 0 Å². The Hall–Kier alpha value is 3.58. The Balaban J connectivity index is -0.0000000178. The Morgan fingerprint density at radius 2 is 0.643 bits per heavy atom. The Morgan fingerprint density at radius 3 is 0.643 bits per heavy atom. The monoisotopic (exact) mass is 524 g/mol. The molecule has 92 valence electrons. The van der Waals surface area contributed by atoms with E-state index in [0.717, 1.165) is 0 Å². The Bertz CT molecular complexity index is 138. The van der Waals surface area contributed by atoms with Crippen molar-refractivity contribution in [1.82, 2.24) is 0 Å². The van der Waals surface area contributed by atoms with Gasteiger partial charge in [-0.15, -0.1) is 0 Å². The quantitative estimate of drug-likeness (QED) is 0.149. The third kappa shape index (κ3) is 258. The standard InChI is InChI=1S/2Ag.Na.2H3O4P.Zr.H/c;;;2*1-5(2,3)4;;/h;;;2*(H3,1,2,3,4);;. The maximum Gasteiger partial charge on any atom is 0 e. The first kappa shape index (κ1) is 36.0. The predicted molar refractivity (Wildman–Crippen MR) is 35.7 cm³/mol. The average Bonchev–Trinajstić information content (AvgIpc) is 1.12. The molecule has 0 fully saturated rings. The van der Waals surface area contributed by atoms with Crippen LogP contribution >= 0.6 is 15.6 Å². The van der Waals surface area contributed by atoms with E-state index in [4.69, 9.17) is 38.5 Å². The topological polar surface area (TPSA) is 156 Å². The van der Waals surface area contributed by atoms with Gasteiger partial charge in [-0.25, -0.2) is 9.13 Å². The van der Waals surface area contributed by atoms with E-state index < -0.39 is 15.6 Å². The van der Waals surface area contributed by atoms with Crippen LogP contribution in [0.25, 0.3) is 0 Å². The summed E-state index contributed by atoms with van der Waals surface area (Å²) in [5.74, 6) is 0. The van der Waals surface area contributed by atoms with Gasteiger partial charge in [-0.05, 0) is 0 Å². The molecule has 0 atom stereocenters. The van der Waals surface area contributed by atoms with E-state index in [1.54, 1.807) is 0 Å². The van der Waals surface area contributed by atoms with Crippen LogP contribution in [0.3, 0.4) is 0 Å². The third-order valence-electron chi connectivity index (χ3n) is 0. The van der Waals surface area contributed by atoms with Crippen molar-refractivity contribution < 1.29 is 109 Å². The summed E-state index contributed by atoms with van der Waals surface area (Å²) in [7, 11) is -9.28. The van der Waals surface area contributed by atoms with E-state index in [9.17, 15) is 0 Å². The summed E-state index contributed by atoms with van der Waals surface area (Å²) in [6.07, 6.45) is 0. The molecule has 0 heterocycles. The molecule has 0 aliphatic carbocycles. The van der Waals surface area contributed by atoms with Gasteiger partial charge in [0.05, 0.1) is 0 Å². The first-order chi connectivity index (χ1) is 4.00. The smallest absolute Gasteiger partial charge is 0 e. The molecule has 0 aliphatic rings. The molecule has 0 amide bonds. The van der Waals surface area contributed by atoms with Gasteiger partial charge in [-0.1, -0.05) is 0 Å². The van der Waals surface area contributed by atoms with Crippen molar-refractivity contribution in [3.63, 3.8) is 0 Å². The molecule has 8 nitrogen and oxygen atoms in total. The number of phosphoric acid groups is 2. The predicted octanol–water partition coefficient (Wildman–Crippen LogP) is -2.51. The van der Waals surface area contributed by atoms with Crippen molar-refractivity contribution >= 4 is 45.2 Å². The fraction of sp³-hybridized carbons (Fsp3) is 0. The Kier molecular flexibility index (Phi) is 42.7. The maximum atomic E-state index is 8.88. The van der Waals surface area contributed by atoms with Gasteiger partial charge in [0.1, 0.15) is 0 Å². The van der Waals surface area contributed by atoms with Crippen molar-refractivity contribution in [1.29, 1.82) is 0 Å². The van der Waals surface area contributed by atoms with Gasteiger partial charge in [-0.2, -0.15) is 0 Å². The van der Waals surface area contributed by atoms with Crippen LogP contribution in [0.15, 0.2) is 0 Å². The van der Waals surface area contributed by atoms with Crippen LogP contribution in [0.5, 0.6) is 0 Å². The molecule has 0 spiro atoms. The molecule has 6 N–H and O–H groups in total. The normalized spacial score (nSPS) is 8.43. The molecule has 0 aliphatic heterocycles. The maximum absolute atomic E-state index is 8.88. The van der Waals surface area contributed by atoms with Crippen LogP contribution in [-0.4, -0.2) is 58.9 Å². The minimum Gasteiger partial charge on any atom is 0 e. The molecular formula is H7Ag2NaO8P2Zr. The second kappa shape index (κ2) is 16.6. The SMILES string of the molecule is O=P(O)(O)O.O=P(O)(O)O.[Ag].[Ag].[NaH].[Zr]. The van der Waals surface area contributed by atoms with Crippen molar-refractivity contribution in [3.05, 3.63) is 0 Å². The molecule has 0 aromatic carbocycles. The third-order valence-corrected chi connectivity index (χ3v) is 0. The number of hydrogen-bond donors (Lipinski definition) is 6. The van der Waals surface area contributed by atoms with Crippen molar-refractivity contribution in [2.45, 2.75) is 0 Å². The fourth-order valence-corrected chi connectivity index (χ4v) is 0. The van der Waals surface area contributed by atoms with Crippen molar-refractivity contribution in [3.8, 4) is 0 Å². The Labute approximate surface area is 152 Å². The van der Waals surface area contributed by atoms with Gasteiger partial charge in [0.15, 0.2) is 0 Å². The molecule has 0 saturated heterocycles. The minimum absolute atomic E-state index is 0. The van der Waals surface area contributed by atoms with Gasteiger partial charge in [-0.3, -0.25) is 0 Å². The molecule has 14 heavy (non-hydrogen) atoms. The van der Waals surface area contributed by atoms with Crippen LogP contribution in [-0.2, 0) is 80.1 Å². The van der Waals surface area contributed by atoms with Gasteiger partial charge < -0.3 is 29.4 Å². The van der Waals surface area contributed by atoms with Crippen molar-refractivity contribution in [2.75, 3.05) is 0 Å². The average molecular weight is 527 g/mol. The molecule has 0 saturated carbocycles. The summed E-state index contributed by atoms with van der Waals surface area (Å²) in [4.78, 5) is 43.1. The van der Waals surface area contributed by atoms with E-state index in [1.807, 2.05) is 0 Å². The van der Waals surface area contributed by atoms with E-state index in [2.05, 4.69) is 0 Å². The van der Waals surface area contributed by atoms with E-state index in [1.165, 1.54) is 0 Å². The van der Waals surface area contributed by atoms with Gasteiger partial charge in [0.25, 0.3) is 0 Å². The zero-order chi connectivity index (χ0) is 9.00. The molecule has 14 heteroatoms. The Morgan fingerprint density at radius 1 is 0.643 bits per heavy atom. The van der Waals surface area contributed by atoms with E-state index in [0.29, 0.717) is 0 Å². The zero-order valence-corrected chi connectivity index (χ0v) is 12.7. The molecule has 0 aromatic heterocycles. The van der Waals surface area contributed by atoms with Crippen LogP contribution in [0.1, 0.15) is 0 Å². The summed E-state index contributed by atoms with van der Waals surface area (Å²) >= 11 is 0. The second-order valence-corrected chi connectivity index (χ2v) is 3.08. The van der Waals surface area contributed by atoms with Gasteiger partial charge in [0.2, 0.25) is 0 Å². The summed E-state index contributed by atoms with van der Waals surface area (Å²) in [5, 5.41) is 0. The zero-order valence-electron chi connectivity index (χ0n) is 5.50. The molecular weight excluding hydrogens is 520 g/mol. The minimum atomic E-state index is -4.64. The van der Waals surface area contributed by atoms with Crippen LogP contribution in [0.4, 0.5) is 0 Å².